The van der Waals surface area contributed by atoms with Crippen LogP contribution < -0.4 is 5.32 Å². The maximum absolute atomic E-state index is 12.8. The topological polar surface area (TPSA) is 67.2 Å². The first-order valence-electron chi connectivity index (χ1n) is 8.16. The van der Waals surface area contributed by atoms with Crippen LogP contribution in [-0.2, 0) is 11.2 Å². The number of carbonyl (C=O) groups excluding carboxylic acids is 2. The second-order valence-electron chi connectivity index (χ2n) is 5.93. The molecule has 0 radical (unpaired) electrons. The second kappa shape index (κ2) is 6.94. The monoisotopic (exact) mass is 306 g/mol. The molecule has 2 heterocycles. The SMILES string of the molecule is CCc1c(C(=O)N2CC(=O)NC(C)C2)cnn1C(CC)CC. The lowest BCUT2D eigenvalue weighted by Gasteiger charge is -2.31. The van der Waals surface area contributed by atoms with Gasteiger partial charge in [-0.15, -0.1) is 0 Å². The van der Waals surface area contributed by atoms with Crippen LogP contribution in [-0.4, -0.2) is 45.6 Å². The Bertz CT molecular complexity index is 548. The molecule has 0 saturated carbocycles. The summed E-state index contributed by atoms with van der Waals surface area (Å²) in [6.45, 7) is 8.89. The van der Waals surface area contributed by atoms with E-state index in [1.807, 2.05) is 18.5 Å². The molecule has 22 heavy (non-hydrogen) atoms. The highest BCUT2D eigenvalue weighted by Gasteiger charge is 2.29. The molecule has 1 saturated heterocycles. The third-order valence-electron chi connectivity index (χ3n) is 4.28. The molecule has 0 spiro atoms. The van der Waals surface area contributed by atoms with Crippen molar-refractivity contribution in [2.75, 3.05) is 13.1 Å². The largest absolute Gasteiger partial charge is 0.350 e. The summed E-state index contributed by atoms with van der Waals surface area (Å²) in [7, 11) is 0. The van der Waals surface area contributed by atoms with Crippen molar-refractivity contribution in [3.8, 4) is 0 Å². The van der Waals surface area contributed by atoms with Gasteiger partial charge in [0.05, 0.1) is 30.0 Å². The lowest BCUT2D eigenvalue weighted by atomic mass is 10.1. The quantitative estimate of drug-likeness (QED) is 0.901. The fourth-order valence-corrected chi connectivity index (χ4v) is 3.13. The molecule has 0 bridgehead atoms. The molecule has 1 aliphatic rings. The molecule has 1 N–H and O–H groups in total. The maximum Gasteiger partial charge on any atom is 0.257 e. The van der Waals surface area contributed by atoms with Gasteiger partial charge in [0.25, 0.3) is 5.91 Å². The van der Waals surface area contributed by atoms with Crippen molar-refractivity contribution in [3.05, 3.63) is 17.5 Å². The van der Waals surface area contributed by atoms with E-state index >= 15 is 0 Å². The summed E-state index contributed by atoms with van der Waals surface area (Å²) >= 11 is 0. The van der Waals surface area contributed by atoms with E-state index < -0.39 is 0 Å². The third kappa shape index (κ3) is 3.15. The zero-order valence-electron chi connectivity index (χ0n) is 13.9. The van der Waals surface area contributed by atoms with Crippen molar-refractivity contribution in [1.29, 1.82) is 0 Å². The summed E-state index contributed by atoms with van der Waals surface area (Å²) < 4.78 is 1.99. The van der Waals surface area contributed by atoms with Gasteiger partial charge in [-0.2, -0.15) is 5.10 Å². The van der Waals surface area contributed by atoms with Crippen LogP contribution in [0.2, 0.25) is 0 Å². The molecule has 0 aliphatic carbocycles. The van der Waals surface area contributed by atoms with Gasteiger partial charge in [-0.3, -0.25) is 14.3 Å². The molecule has 0 aromatic carbocycles. The van der Waals surface area contributed by atoms with Crippen molar-refractivity contribution in [2.24, 2.45) is 0 Å². The van der Waals surface area contributed by atoms with Gasteiger partial charge >= 0.3 is 0 Å². The normalized spacial score (nSPS) is 18.7. The summed E-state index contributed by atoms with van der Waals surface area (Å²) in [5.41, 5.74) is 1.61. The summed E-state index contributed by atoms with van der Waals surface area (Å²) in [5.74, 6) is -0.187. The van der Waals surface area contributed by atoms with Crippen molar-refractivity contribution in [3.63, 3.8) is 0 Å². The molecule has 1 atom stereocenters. The van der Waals surface area contributed by atoms with E-state index in [-0.39, 0.29) is 24.4 Å². The van der Waals surface area contributed by atoms with Crippen LogP contribution in [0.3, 0.4) is 0 Å². The third-order valence-corrected chi connectivity index (χ3v) is 4.28. The summed E-state index contributed by atoms with van der Waals surface area (Å²) in [5, 5.41) is 7.28. The van der Waals surface area contributed by atoms with E-state index in [1.54, 1.807) is 11.1 Å². The Labute approximate surface area is 131 Å². The van der Waals surface area contributed by atoms with E-state index in [1.165, 1.54) is 0 Å². The van der Waals surface area contributed by atoms with Gasteiger partial charge in [-0.1, -0.05) is 20.8 Å². The summed E-state index contributed by atoms with van der Waals surface area (Å²) in [4.78, 5) is 26.1. The van der Waals surface area contributed by atoms with Crippen LogP contribution in [0.5, 0.6) is 0 Å². The Morgan fingerprint density at radius 1 is 1.41 bits per heavy atom. The number of carbonyl (C=O) groups is 2. The first-order valence-corrected chi connectivity index (χ1v) is 8.16. The highest BCUT2D eigenvalue weighted by molar-refractivity contribution is 5.97. The van der Waals surface area contributed by atoms with Gasteiger partial charge in [-0.25, -0.2) is 0 Å². The Balaban J connectivity index is 2.28. The highest BCUT2D eigenvalue weighted by Crippen LogP contribution is 2.22. The molecule has 122 valence electrons. The Hall–Kier alpha value is -1.85. The molecule has 6 nitrogen and oxygen atoms in total. The lowest BCUT2D eigenvalue weighted by Crippen LogP contribution is -2.54. The smallest absolute Gasteiger partial charge is 0.257 e. The van der Waals surface area contributed by atoms with Gasteiger partial charge in [0.2, 0.25) is 5.91 Å². The van der Waals surface area contributed by atoms with Crippen LogP contribution in [0.25, 0.3) is 0 Å². The zero-order chi connectivity index (χ0) is 16.3. The molecule has 1 unspecified atom stereocenters. The number of hydrogen-bond acceptors (Lipinski definition) is 3. The maximum atomic E-state index is 12.8. The number of amides is 2. The van der Waals surface area contributed by atoms with Gasteiger partial charge in [-0.05, 0) is 26.2 Å². The molecule has 1 aliphatic heterocycles. The molecule has 1 aromatic heterocycles. The van der Waals surface area contributed by atoms with E-state index in [2.05, 4.69) is 24.3 Å². The Morgan fingerprint density at radius 2 is 2.09 bits per heavy atom. The van der Waals surface area contributed by atoms with Gasteiger partial charge < -0.3 is 10.2 Å². The fraction of sp³-hybridized carbons (Fsp3) is 0.688. The highest BCUT2D eigenvalue weighted by atomic mass is 16.2. The Morgan fingerprint density at radius 3 is 2.64 bits per heavy atom. The minimum Gasteiger partial charge on any atom is -0.350 e. The second-order valence-corrected chi connectivity index (χ2v) is 5.93. The van der Waals surface area contributed by atoms with E-state index in [9.17, 15) is 9.59 Å². The van der Waals surface area contributed by atoms with Crippen molar-refractivity contribution < 1.29 is 9.59 Å². The van der Waals surface area contributed by atoms with Crippen LogP contribution in [0.1, 0.15) is 62.6 Å². The number of rotatable bonds is 5. The van der Waals surface area contributed by atoms with Crippen LogP contribution in [0, 0.1) is 0 Å². The molecular weight excluding hydrogens is 280 g/mol. The number of aromatic nitrogens is 2. The van der Waals surface area contributed by atoms with Crippen molar-refractivity contribution in [1.82, 2.24) is 20.0 Å². The molecular formula is C16H26N4O2. The lowest BCUT2D eigenvalue weighted by molar-refractivity contribution is -0.124. The molecule has 1 fully saturated rings. The molecule has 6 heteroatoms. The number of nitrogens with zero attached hydrogens (tertiary/aromatic N) is 3. The van der Waals surface area contributed by atoms with Gasteiger partial charge in [0.15, 0.2) is 0 Å². The van der Waals surface area contributed by atoms with Gasteiger partial charge in [0.1, 0.15) is 0 Å². The minimum absolute atomic E-state index is 0.00986. The van der Waals surface area contributed by atoms with E-state index in [4.69, 9.17) is 0 Å². The average Bonchev–Trinajstić information content (AvgIpc) is 2.90. The van der Waals surface area contributed by atoms with Crippen LogP contribution in [0.4, 0.5) is 0 Å². The predicted molar refractivity (Wildman–Crippen MR) is 84.7 cm³/mol. The summed E-state index contributed by atoms with van der Waals surface area (Å²) in [6, 6.07) is 0.310. The molecule has 2 amide bonds. The zero-order valence-corrected chi connectivity index (χ0v) is 13.9. The number of piperazine rings is 1. The predicted octanol–water partition coefficient (Wildman–Crippen LogP) is 1.77. The minimum atomic E-state index is -0.0995. The molecule has 1 aromatic rings. The summed E-state index contributed by atoms with van der Waals surface area (Å²) in [6.07, 6.45) is 4.40. The van der Waals surface area contributed by atoms with Gasteiger partial charge in [0, 0.05) is 12.6 Å². The first-order chi connectivity index (χ1) is 10.5. The first kappa shape index (κ1) is 16.5. The van der Waals surface area contributed by atoms with Crippen LogP contribution in [0.15, 0.2) is 6.20 Å². The number of hydrogen-bond donors (Lipinski definition) is 1. The fourth-order valence-electron chi connectivity index (χ4n) is 3.13. The Kier molecular flexibility index (Phi) is 5.21. The number of nitrogens with one attached hydrogen (secondary N) is 1. The van der Waals surface area contributed by atoms with Crippen LogP contribution >= 0.6 is 0 Å². The van der Waals surface area contributed by atoms with Crippen molar-refractivity contribution >= 4 is 11.8 Å². The standard InChI is InChI=1S/C16H26N4O2/c1-5-12(6-2)20-14(7-3)13(8-17-20)16(22)19-9-11(4)18-15(21)10-19/h8,11-12H,5-7,9-10H2,1-4H3,(H,18,21). The van der Waals surface area contributed by atoms with E-state index in [0.717, 1.165) is 25.0 Å². The van der Waals surface area contributed by atoms with E-state index in [0.29, 0.717) is 18.2 Å². The van der Waals surface area contributed by atoms with Crippen molar-refractivity contribution in [2.45, 2.75) is 59.0 Å². The average molecular weight is 306 g/mol. The molecule has 2 rings (SSSR count).